The highest BCUT2D eigenvalue weighted by molar-refractivity contribution is 5.96. The molecule has 6 nitrogen and oxygen atoms in total. The van der Waals surface area contributed by atoms with E-state index in [1.54, 1.807) is 25.1 Å². The molecule has 2 amide bonds. The zero-order valence-corrected chi connectivity index (χ0v) is 13.7. The zero-order chi connectivity index (χ0) is 17.8. The highest BCUT2D eigenvalue weighted by atomic mass is 16.4. The second-order valence-corrected chi connectivity index (χ2v) is 5.56. The summed E-state index contributed by atoms with van der Waals surface area (Å²) in [6, 6.07) is 16.0. The first-order valence-corrected chi connectivity index (χ1v) is 7.74. The van der Waals surface area contributed by atoms with Crippen LogP contribution in [0.4, 0.5) is 5.69 Å². The molecule has 3 rings (SSSR count). The lowest BCUT2D eigenvalue weighted by Crippen LogP contribution is -2.16. The number of nitrogens with two attached hydrogens (primary N) is 1. The highest BCUT2D eigenvalue weighted by Crippen LogP contribution is 2.22. The first-order chi connectivity index (χ1) is 12.0. The van der Waals surface area contributed by atoms with E-state index in [2.05, 4.69) is 10.3 Å². The number of nitrogens with zero attached hydrogens (tertiary/aromatic N) is 1. The van der Waals surface area contributed by atoms with Crippen molar-refractivity contribution in [3.05, 3.63) is 71.6 Å². The lowest BCUT2D eigenvalue weighted by atomic mass is 10.2. The van der Waals surface area contributed by atoms with Gasteiger partial charge in [0.05, 0.1) is 12.1 Å². The fourth-order valence-corrected chi connectivity index (χ4v) is 2.40. The molecule has 0 fully saturated rings. The minimum absolute atomic E-state index is 0.0724. The van der Waals surface area contributed by atoms with Gasteiger partial charge in [0.2, 0.25) is 17.7 Å². The van der Waals surface area contributed by atoms with Crippen molar-refractivity contribution in [1.29, 1.82) is 0 Å². The summed E-state index contributed by atoms with van der Waals surface area (Å²) >= 11 is 0. The lowest BCUT2D eigenvalue weighted by Gasteiger charge is -2.05. The Labute approximate surface area is 144 Å². The number of hydrogen-bond donors (Lipinski definition) is 2. The van der Waals surface area contributed by atoms with Crippen LogP contribution in [0.5, 0.6) is 0 Å². The van der Waals surface area contributed by atoms with Crippen LogP contribution in [0.1, 0.15) is 21.8 Å². The summed E-state index contributed by atoms with van der Waals surface area (Å²) in [5.74, 6) is 0.282. The van der Waals surface area contributed by atoms with Crippen LogP contribution in [0.3, 0.4) is 0 Å². The Balaban J connectivity index is 1.72. The molecule has 6 heteroatoms. The molecular formula is C19H17N3O3. The minimum atomic E-state index is -0.545. The molecule has 0 radical (unpaired) electrons. The zero-order valence-electron chi connectivity index (χ0n) is 13.7. The Hall–Kier alpha value is -3.41. The number of anilines is 1. The number of amides is 2. The Morgan fingerprint density at radius 2 is 1.88 bits per heavy atom. The van der Waals surface area contributed by atoms with Crippen LogP contribution in [0.25, 0.3) is 11.5 Å². The molecule has 1 heterocycles. The topological polar surface area (TPSA) is 98.2 Å². The molecular weight excluding hydrogens is 318 g/mol. The third kappa shape index (κ3) is 3.92. The summed E-state index contributed by atoms with van der Waals surface area (Å²) in [7, 11) is 0. The molecule has 0 saturated heterocycles. The number of carbonyl (C=O) groups is 2. The van der Waals surface area contributed by atoms with Crippen molar-refractivity contribution < 1.29 is 14.0 Å². The second kappa shape index (κ2) is 7.00. The van der Waals surface area contributed by atoms with E-state index < -0.39 is 5.91 Å². The number of rotatable bonds is 5. The van der Waals surface area contributed by atoms with Gasteiger partial charge in [-0.3, -0.25) is 9.59 Å². The van der Waals surface area contributed by atoms with Crippen LogP contribution in [-0.2, 0) is 11.2 Å². The first kappa shape index (κ1) is 16.4. The Kier molecular flexibility index (Phi) is 4.61. The highest BCUT2D eigenvalue weighted by Gasteiger charge is 2.15. The van der Waals surface area contributed by atoms with Crippen molar-refractivity contribution in [2.75, 3.05) is 5.32 Å². The summed E-state index contributed by atoms with van der Waals surface area (Å²) in [6.07, 6.45) is 0.0724. The average Bonchev–Trinajstić information content (AvgIpc) is 2.96. The van der Waals surface area contributed by atoms with E-state index in [1.807, 2.05) is 30.3 Å². The van der Waals surface area contributed by atoms with Crippen molar-refractivity contribution in [3.8, 4) is 11.5 Å². The largest absolute Gasteiger partial charge is 0.441 e. The van der Waals surface area contributed by atoms with Crippen molar-refractivity contribution in [3.63, 3.8) is 0 Å². The normalized spacial score (nSPS) is 10.4. The molecule has 126 valence electrons. The summed E-state index contributed by atoms with van der Waals surface area (Å²) < 4.78 is 5.65. The predicted octanol–water partition coefficient (Wildman–Crippen LogP) is 2.93. The fourth-order valence-electron chi connectivity index (χ4n) is 2.40. The van der Waals surface area contributed by atoms with Crippen LogP contribution in [0, 0.1) is 6.92 Å². The number of benzene rings is 2. The standard InChI is InChI=1S/C19H17N3O3/c1-12-16(22-19(25-12)13-6-3-2-4-7-13)11-17(23)21-15-9-5-8-14(10-15)18(20)24/h2-10H,11H2,1H3,(H2,20,24)(H,21,23). The van der Waals surface area contributed by atoms with Gasteiger partial charge in [0.15, 0.2) is 0 Å². The predicted molar refractivity (Wildman–Crippen MR) is 94.0 cm³/mol. The third-order valence-electron chi connectivity index (χ3n) is 3.67. The van der Waals surface area contributed by atoms with E-state index >= 15 is 0 Å². The summed E-state index contributed by atoms with van der Waals surface area (Å²) in [5, 5.41) is 2.73. The average molecular weight is 335 g/mol. The molecule has 3 aromatic rings. The molecule has 3 N–H and O–H groups in total. The fraction of sp³-hybridized carbons (Fsp3) is 0.105. The van der Waals surface area contributed by atoms with Gasteiger partial charge in [0, 0.05) is 16.8 Å². The van der Waals surface area contributed by atoms with E-state index in [-0.39, 0.29) is 12.3 Å². The molecule has 25 heavy (non-hydrogen) atoms. The molecule has 0 saturated carbocycles. The van der Waals surface area contributed by atoms with Crippen LogP contribution in [0.15, 0.2) is 59.0 Å². The van der Waals surface area contributed by atoms with Crippen LogP contribution < -0.4 is 11.1 Å². The molecule has 0 unspecified atom stereocenters. The lowest BCUT2D eigenvalue weighted by molar-refractivity contribution is -0.115. The molecule has 0 atom stereocenters. The monoisotopic (exact) mass is 335 g/mol. The van der Waals surface area contributed by atoms with Crippen molar-refractivity contribution in [2.45, 2.75) is 13.3 Å². The van der Waals surface area contributed by atoms with Crippen LogP contribution >= 0.6 is 0 Å². The van der Waals surface area contributed by atoms with Crippen molar-refractivity contribution in [2.24, 2.45) is 5.73 Å². The molecule has 0 bridgehead atoms. The number of primary amides is 1. The molecule has 0 spiro atoms. The van der Waals surface area contributed by atoms with E-state index in [9.17, 15) is 9.59 Å². The van der Waals surface area contributed by atoms with Gasteiger partial charge in [-0.25, -0.2) is 4.98 Å². The van der Waals surface area contributed by atoms with Gasteiger partial charge in [-0.2, -0.15) is 0 Å². The van der Waals surface area contributed by atoms with Crippen molar-refractivity contribution >= 4 is 17.5 Å². The van der Waals surface area contributed by atoms with Crippen LogP contribution in [-0.4, -0.2) is 16.8 Å². The molecule has 0 aliphatic carbocycles. The van der Waals surface area contributed by atoms with E-state index in [0.29, 0.717) is 28.6 Å². The maximum Gasteiger partial charge on any atom is 0.248 e. The first-order valence-electron chi connectivity index (χ1n) is 7.74. The minimum Gasteiger partial charge on any atom is -0.441 e. The quantitative estimate of drug-likeness (QED) is 0.749. The van der Waals surface area contributed by atoms with Gasteiger partial charge < -0.3 is 15.5 Å². The molecule has 0 aliphatic rings. The Morgan fingerprint density at radius 1 is 1.12 bits per heavy atom. The Morgan fingerprint density at radius 3 is 2.60 bits per heavy atom. The van der Waals surface area contributed by atoms with Gasteiger partial charge in [-0.15, -0.1) is 0 Å². The Bertz CT molecular complexity index is 917. The van der Waals surface area contributed by atoms with E-state index in [0.717, 1.165) is 5.56 Å². The number of nitrogens with one attached hydrogen (secondary N) is 1. The maximum absolute atomic E-state index is 12.3. The SMILES string of the molecule is Cc1oc(-c2ccccc2)nc1CC(=O)Nc1cccc(C(N)=O)c1. The summed E-state index contributed by atoms with van der Waals surface area (Å²) in [5.41, 5.74) is 7.51. The number of hydrogen-bond acceptors (Lipinski definition) is 4. The summed E-state index contributed by atoms with van der Waals surface area (Å²) in [6.45, 7) is 1.77. The third-order valence-corrected chi connectivity index (χ3v) is 3.67. The smallest absolute Gasteiger partial charge is 0.248 e. The van der Waals surface area contributed by atoms with E-state index in [1.165, 1.54) is 6.07 Å². The van der Waals surface area contributed by atoms with Crippen molar-refractivity contribution in [1.82, 2.24) is 4.98 Å². The van der Waals surface area contributed by atoms with Gasteiger partial charge in [0.1, 0.15) is 5.76 Å². The number of carbonyl (C=O) groups excluding carboxylic acids is 2. The molecule has 2 aromatic carbocycles. The summed E-state index contributed by atoms with van der Waals surface area (Å²) in [4.78, 5) is 27.9. The van der Waals surface area contributed by atoms with Gasteiger partial charge >= 0.3 is 0 Å². The van der Waals surface area contributed by atoms with E-state index in [4.69, 9.17) is 10.2 Å². The molecule has 0 aliphatic heterocycles. The number of aromatic nitrogens is 1. The van der Waals surface area contributed by atoms with Gasteiger partial charge in [-0.05, 0) is 37.3 Å². The second-order valence-electron chi connectivity index (χ2n) is 5.56. The number of oxazole rings is 1. The molecule has 1 aromatic heterocycles. The van der Waals surface area contributed by atoms with Crippen LogP contribution in [0.2, 0.25) is 0 Å². The van der Waals surface area contributed by atoms with Gasteiger partial charge in [0.25, 0.3) is 0 Å². The maximum atomic E-state index is 12.3. The van der Waals surface area contributed by atoms with Gasteiger partial charge in [-0.1, -0.05) is 24.3 Å². The number of aryl methyl sites for hydroxylation is 1.